The van der Waals surface area contributed by atoms with E-state index in [2.05, 4.69) is 9.97 Å². The molecule has 8 nitrogen and oxygen atoms in total. The summed E-state index contributed by atoms with van der Waals surface area (Å²) in [7, 11) is 0. The molecule has 0 fully saturated rings. The summed E-state index contributed by atoms with van der Waals surface area (Å²) in [6.07, 6.45) is 0. The van der Waals surface area contributed by atoms with Crippen LogP contribution >= 0.6 is 0 Å². The summed E-state index contributed by atoms with van der Waals surface area (Å²) < 4.78 is 0. The number of fused-ring (bicyclic) bond motifs is 5. The fourth-order valence-corrected chi connectivity index (χ4v) is 5.27. The van der Waals surface area contributed by atoms with Crippen molar-refractivity contribution in [1.29, 1.82) is 0 Å². The first-order valence-corrected chi connectivity index (χ1v) is 11.7. The third-order valence-corrected chi connectivity index (χ3v) is 7.06. The number of aromatic nitrogens is 2. The fourth-order valence-electron chi connectivity index (χ4n) is 5.27. The molecule has 37 heavy (non-hydrogen) atoms. The van der Waals surface area contributed by atoms with Crippen molar-refractivity contribution in [2.75, 3.05) is 5.73 Å². The number of nitrogens with zero attached hydrogens (tertiary/aromatic N) is 1. The molecule has 0 aliphatic carbocycles. The summed E-state index contributed by atoms with van der Waals surface area (Å²) >= 11 is 0. The Hall–Kier alpha value is -5.24. The van der Waals surface area contributed by atoms with E-state index in [1.54, 1.807) is 48.5 Å². The van der Waals surface area contributed by atoms with Gasteiger partial charge in [-0.15, -0.1) is 0 Å². The lowest BCUT2D eigenvalue weighted by Crippen LogP contribution is -2.29. The number of nitrogens with two attached hydrogens (primary N) is 1. The molecule has 1 aliphatic rings. The van der Waals surface area contributed by atoms with Gasteiger partial charge in [-0.1, -0.05) is 24.3 Å². The number of pyridine rings is 2. The monoisotopic (exact) mass is 486 g/mol. The molecular formula is C29H18N4O4. The lowest BCUT2D eigenvalue weighted by atomic mass is 10.0. The third-order valence-electron chi connectivity index (χ3n) is 7.06. The highest BCUT2D eigenvalue weighted by Crippen LogP contribution is 2.28. The lowest BCUT2D eigenvalue weighted by Gasteiger charge is -2.16. The first kappa shape index (κ1) is 21.1. The van der Waals surface area contributed by atoms with E-state index in [0.29, 0.717) is 60.4 Å². The molecule has 178 valence electrons. The van der Waals surface area contributed by atoms with Crippen LogP contribution in [0.5, 0.6) is 0 Å². The van der Waals surface area contributed by atoms with Crippen LogP contribution in [-0.4, -0.2) is 26.7 Å². The van der Waals surface area contributed by atoms with Gasteiger partial charge < -0.3 is 15.7 Å². The number of hydrogen-bond donors (Lipinski definition) is 3. The molecule has 8 heteroatoms. The molecule has 0 spiro atoms. The Morgan fingerprint density at radius 2 is 1.30 bits per heavy atom. The van der Waals surface area contributed by atoms with Crippen LogP contribution in [0.25, 0.3) is 43.6 Å². The van der Waals surface area contributed by atoms with E-state index < -0.39 is 11.8 Å². The van der Waals surface area contributed by atoms with E-state index in [-0.39, 0.29) is 23.0 Å². The van der Waals surface area contributed by atoms with E-state index in [9.17, 15) is 19.2 Å². The van der Waals surface area contributed by atoms with Crippen molar-refractivity contribution in [2.24, 2.45) is 0 Å². The average Bonchev–Trinajstić information content (AvgIpc) is 3.12. The van der Waals surface area contributed by atoms with Gasteiger partial charge in [0.25, 0.3) is 11.8 Å². The number of hydrogen-bond acceptors (Lipinski definition) is 5. The highest BCUT2D eigenvalue weighted by atomic mass is 16.2. The zero-order chi connectivity index (χ0) is 25.4. The van der Waals surface area contributed by atoms with Gasteiger partial charge in [0, 0.05) is 27.4 Å². The molecule has 0 unspecified atom stereocenters. The quantitative estimate of drug-likeness (QED) is 0.193. The molecule has 2 aromatic heterocycles. The normalized spacial score (nSPS) is 13.4. The number of carbonyl (C=O) groups is 2. The maximum absolute atomic E-state index is 13.8. The van der Waals surface area contributed by atoms with Crippen LogP contribution in [0.3, 0.4) is 0 Å². The number of nitrogens with one attached hydrogen (secondary N) is 2. The molecule has 2 amide bonds. The zero-order valence-corrected chi connectivity index (χ0v) is 19.3. The Balaban J connectivity index is 1.42. The molecule has 0 saturated carbocycles. The minimum Gasteiger partial charge on any atom is -0.399 e. The summed E-state index contributed by atoms with van der Waals surface area (Å²) in [6, 6.07) is 20.5. The first-order valence-electron chi connectivity index (χ1n) is 11.7. The van der Waals surface area contributed by atoms with Crippen molar-refractivity contribution in [3.8, 4) is 0 Å². The van der Waals surface area contributed by atoms with Crippen LogP contribution in [-0.2, 0) is 6.54 Å². The predicted octanol–water partition coefficient (Wildman–Crippen LogP) is 4.05. The summed E-state index contributed by atoms with van der Waals surface area (Å²) in [5.74, 6) is -0.873. The predicted molar refractivity (Wildman–Crippen MR) is 143 cm³/mol. The van der Waals surface area contributed by atoms with Crippen molar-refractivity contribution in [1.82, 2.24) is 14.9 Å². The molecular weight excluding hydrogens is 468 g/mol. The Bertz CT molecular complexity index is 2120. The molecule has 1 aliphatic heterocycles. The average molecular weight is 486 g/mol. The first-order chi connectivity index (χ1) is 17.9. The third kappa shape index (κ3) is 2.96. The standard InChI is InChI=1S/C29H18N4O4/c30-15-8-9-16-18(10-15)29(37)33(28(16)36)13-14-4-3-7-22-25(14)27(35)20-12-23-19(11-24(20)32-22)26(34)17-5-1-2-6-21(17)31-23/h1-12H,13,30H2,(H,31,34)(H,32,35). The molecule has 0 bridgehead atoms. The number of anilines is 1. The van der Waals surface area contributed by atoms with Crippen molar-refractivity contribution in [3.63, 3.8) is 0 Å². The van der Waals surface area contributed by atoms with Crippen molar-refractivity contribution in [3.05, 3.63) is 110 Å². The smallest absolute Gasteiger partial charge is 0.261 e. The molecule has 0 atom stereocenters. The number of carbonyl (C=O) groups excluding carboxylic acids is 2. The Labute approximate surface area is 207 Å². The largest absolute Gasteiger partial charge is 0.399 e. The van der Waals surface area contributed by atoms with Crippen LogP contribution in [0.2, 0.25) is 0 Å². The number of rotatable bonds is 2. The van der Waals surface area contributed by atoms with Crippen LogP contribution < -0.4 is 16.6 Å². The maximum Gasteiger partial charge on any atom is 0.261 e. The summed E-state index contributed by atoms with van der Waals surface area (Å²) in [4.78, 5) is 60.6. The second-order valence-corrected chi connectivity index (χ2v) is 9.24. The Morgan fingerprint density at radius 1 is 0.622 bits per heavy atom. The summed E-state index contributed by atoms with van der Waals surface area (Å²) in [5, 5.41) is 1.83. The van der Waals surface area contributed by atoms with Gasteiger partial charge in [-0.3, -0.25) is 24.1 Å². The van der Waals surface area contributed by atoms with Gasteiger partial charge in [-0.25, -0.2) is 0 Å². The van der Waals surface area contributed by atoms with Gasteiger partial charge in [-0.2, -0.15) is 0 Å². The van der Waals surface area contributed by atoms with E-state index in [1.807, 2.05) is 18.2 Å². The van der Waals surface area contributed by atoms with Crippen LogP contribution in [0.15, 0.2) is 82.4 Å². The van der Waals surface area contributed by atoms with Crippen LogP contribution in [0.1, 0.15) is 26.3 Å². The number of nitrogen functional groups attached to an aromatic ring is 1. The molecule has 0 saturated heterocycles. The van der Waals surface area contributed by atoms with Gasteiger partial charge in [-0.05, 0) is 54.1 Å². The molecule has 7 rings (SSSR count). The number of benzene rings is 4. The van der Waals surface area contributed by atoms with E-state index >= 15 is 0 Å². The lowest BCUT2D eigenvalue weighted by molar-refractivity contribution is 0.0643. The highest BCUT2D eigenvalue weighted by molar-refractivity contribution is 6.21. The fraction of sp³-hybridized carbons (Fsp3) is 0.0345. The zero-order valence-electron chi connectivity index (χ0n) is 19.3. The van der Waals surface area contributed by atoms with Crippen LogP contribution in [0, 0.1) is 0 Å². The van der Waals surface area contributed by atoms with E-state index in [1.165, 1.54) is 6.07 Å². The number of aromatic amines is 2. The van der Waals surface area contributed by atoms with Crippen molar-refractivity contribution >= 4 is 61.1 Å². The molecule has 4 N–H and O–H groups in total. The molecule has 3 heterocycles. The minimum atomic E-state index is -0.447. The molecule has 6 aromatic rings. The Kier molecular flexibility index (Phi) is 4.20. The summed E-state index contributed by atoms with van der Waals surface area (Å²) in [6.45, 7) is -0.0623. The maximum atomic E-state index is 13.8. The number of imide groups is 1. The van der Waals surface area contributed by atoms with Gasteiger partial charge in [0.2, 0.25) is 0 Å². The molecule has 4 aromatic carbocycles. The van der Waals surface area contributed by atoms with Gasteiger partial charge in [0.15, 0.2) is 10.9 Å². The summed E-state index contributed by atoms with van der Waals surface area (Å²) in [5.41, 5.74) is 9.24. The second-order valence-electron chi connectivity index (χ2n) is 9.24. The van der Waals surface area contributed by atoms with Crippen LogP contribution in [0.4, 0.5) is 5.69 Å². The number of para-hydroxylation sites is 1. The van der Waals surface area contributed by atoms with Gasteiger partial charge in [0.1, 0.15) is 0 Å². The Morgan fingerprint density at radius 3 is 2.11 bits per heavy atom. The van der Waals surface area contributed by atoms with Gasteiger partial charge >= 0.3 is 0 Å². The molecule has 0 radical (unpaired) electrons. The highest BCUT2D eigenvalue weighted by Gasteiger charge is 2.36. The van der Waals surface area contributed by atoms with E-state index in [0.717, 1.165) is 4.90 Å². The topological polar surface area (TPSA) is 129 Å². The SMILES string of the molecule is Nc1ccc2c(c1)C(=O)N(Cc1cccc3[nH]c4cc5c(=O)c6ccccc6[nH]c5cc4c(=O)c13)C2=O. The minimum absolute atomic E-state index is 0.0623. The van der Waals surface area contributed by atoms with Crippen molar-refractivity contribution in [2.45, 2.75) is 6.54 Å². The number of amides is 2. The van der Waals surface area contributed by atoms with Crippen molar-refractivity contribution < 1.29 is 9.59 Å². The number of H-pyrrole nitrogens is 2. The van der Waals surface area contributed by atoms with Gasteiger partial charge in [0.05, 0.1) is 39.6 Å². The van der Waals surface area contributed by atoms with E-state index in [4.69, 9.17) is 5.73 Å². The second kappa shape index (κ2) is 7.38.